The Kier molecular flexibility index (Phi) is 5.62. The maximum Gasteiger partial charge on any atom is 0.0434 e. The highest BCUT2D eigenvalue weighted by atomic mass is 16.3. The molecule has 0 saturated heterocycles. The molecular formula is C18H29NO. The highest BCUT2D eigenvalue weighted by molar-refractivity contribution is 5.25. The molecule has 1 atom stereocenters. The quantitative estimate of drug-likeness (QED) is 0.833. The first-order chi connectivity index (χ1) is 9.64. The molecule has 2 N–H and O–H groups in total. The number of benzene rings is 1. The Labute approximate surface area is 123 Å². The summed E-state index contributed by atoms with van der Waals surface area (Å²) in [5.74, 6) is 0.572. The first kappa shape index (κ1) is 15.5. The number of hydrogen-bond acceptors (Lipinski definition) is 2. The third kappa shape index (κ3) is 4.07. The topological polar surface area (TPSA) is 32.3 Å². The first-order valence-corrected chi connectivity index (χ1v) is 8.04. The summed E-state index contributed by atoms with van der Waals surface area (Å²) in [6.45, 7) is 5.96. The smallest absolute Gasteiger partial charge is 0.0434 e. The molecule has 1 aromatic rings. The van der Waals surface area contributed by atoms with Gasteiger partial charge in [-0.25, -0.2) is 0 Å². The van der Waals surface area contributed by atoms with Crippen LogP contribution in [0.25, 0.3) is 0 Å². The summed E-state index contributed by atoms with van der Waals surface area (Å²) in [4.78, 5) is 0. The summed E-state index contributed by atoms with van der Waals surface area (Å²) >= 11 is 0. The minimum Gasteiger partial charge on any atom is -0.396 e. The van der Waals surface area contributed by atoms with E-state index in [2.05, 4.69) is 49.5 Å². The summed E-state index contributed by atoms with van der Waals surface area (Å²) in [5, 5.41) is 12.6. The molecule has 20 heavy (non-hydrogen) atoms. The van der Waals surface area contributed by atoms with Gasteiger partial charge in [-0.15, -0.1) is 0 Å². The van der Waals surface area contributed by atoms with Crippen LogP contribution in [0.15, 0.2) is 30.3 Å². The normalized spacial score (nSPS) is 28.2. The average molecular weight is 275 g/mol. The minimum atomic E-state index is 0.305. The third-order valence-electron chi connectivity index (χ3n) is 4.94. The molecule has 112 valence electrons. The first-order valence-electron chi connectivity index (χ1n) is 8.04. The van der Waals surface area contributed by atoms with Crippen molar-refractivity contribution in [2.24, 2.45) is 5.92 Å². The summed E-state index contributed by atoms with van der Waals surface area (Å²) in [7, 11) is 0. The lowest BCUT2D eigenvalue weighted by molar-refractivity contribution is 0.237. The molecule has 1 unspecified atom stereocenters. The van der Waals surface area contributed by atoms with Crippen molar-refractivity contribution in [1.29, 1.82) is 0 Å². The highest BCUT2D eigenvalue weighted by Crippen LogP contribution is 2.38. The predicted molar refractivity (Wildman–Crippen MR) is 84.9 cm³/mol. The number of hydrogen-bond donors (Lipinski definition) is 2. The molecule has 2 heteroatoms. The van der Waals surface area contributed by atoms with Gasteiger partial charge in [-0.3, -0.25) is 0 Å². The molecule has 0 radical (unpaired) electrons. The van der Waals surface area contributed by atoms with Crippen molar-refractivity contribution in [2.45, 2.75) is 57.4 Å². The molecular weight excluding hydrogens is 246 g/mol. The Morgan fingerprint density at radius 3 is 2.50 bits per heavy atom. The van der Waals surface area contributed by atoms with Gasteiger partial charge in [-0.2, -0.15) is 0 Å². The molecule has 2 rings (SSSR count). The van der Waals surface area contributed by atoms with Crippen LogP contribution in [0.2, 0.25) is 0 Å². The molecule has 0 aromatic heterocycles. The second-order valence-electron chi connectivity index (χ2n) is 6.73. The van der Waals surface area contributed by atoms with E-state index >= 15 is 0 Å². The van der Waals surface area contributed by atoms with Crippen LogP contribution in [-0.4, -0.2) is 24.3 Å². The third-order valence-corrected chi connectivity index (χ3v) is 4.94. The van der Waals surface area contributed by atoms with Gasteiger partial charge >= 0.3 is 0 Å². The number of aliphatic hydroxyl groups is 1. The Balaban J connectivity index is 1.80. The van der Waals surface area contributed by atoms with Crippen LogP contribution in [0, 0.1) is 5.92 Å². The fourth-order valence-electron chi connectivity index (χ4n) is 3.28. The zero-order valence-corrected chi connectivity index (χ0v) is 12.9. The number of nitrogens with one attached hydrogen (secondary N) is 1. The van der Waals surface area contributed by atoms with E-state index in [-0.39, 0.29) is 0 Å². The fourth-order valence-corrected chi connectivity index (χ4v) is 3.28. The van der Waals surface area contributed by atoms with E-state index in [1.54, 1.807) is 0 Å². The van der Waals surface area contributed by atoms with Crippen LogP contribution in [0.1, 0.15) is 51.5 Å². The largest absolute Gasteiger partial charge is 0.396 e. The van der Waals surface area contributed by atoms with E-state index in [4.69, 9.17) is 5.11 Å². The molecule has 0 heterocycles. The van der Waals surface area contributed by atoms with E-state index in [0.717, 1.165) is 13.0 Å². The highest BCUT2D eigenvalue weighted by Gasteiger charge is 2.32. The average Bonchev–Trinajstić information content (AvgIpc) is 2.48. The Morgan fingerprint density at radius 2 is 1.90 bits per heavy atom. The van der Waals surface area contributed by atoms with Crippen molar-refractivity contribution in [1.82, 2.24) is 5.32 Å². The van der Waals surface area contributed by atoms with Crippen molar-refractivity contribution in [3.63, 3.8) is 0 Å². The van der Waals surface area contributed by atoms with Crippen molar-refractivity contribution < 1.29 is 5.11 Å². The van der Waals surface area contributed by atoms with E-state index in [1.807, 2.05) is 0 Å². The lowest BCUT2D eigenvalue weighted by Crippen LogP contribution is -2.40. The van der Waals surface area contributed by atoms with Gasteiger partial charge in [-0.05, 0) is 55.5 Å². The molecule has 2 nitrogen and oxygen atoms in total. The van der Waals surface area contributed by atoms with Crippen molar-refractivity contribution in [2.75, 3.05) is 13.2 Å². The van der Waals surface area contributed by atoms with Crippen molar-refractivity contribution >= 4 is 0 Å². The van der Waals surface area contributed by atoms with Crippen molar-refractivity contribution in [3.05, 3.63) is 35.9 Å². The molecule has 0 amide bonds. The maximum atomic E-state index is 8.94. The van der Waals surface area contributed by atoms with Crippen molar-refractivity contribution in [3.8, 4) is 0 Å². The zero-order chi connectivity index (χ0) is 14.4. The molecule has 0 aliphatic heterocycles. The second-order valence-corrected chi connectivity index (χ2v) is 6.73. The van der Waals surface area contributed by atoms with Crippen LogP contribution in [-0.2, 0) is 5.41 Å². The Morgan fingerprint density at radius 1 is 1.25 bits per heavy atom. The number of aliphatic hydroxyl groups excluding tert-OH is 1. The van der Waals surface area contributed by atoms with Gasteiger partial charge in [0.25, 0.3) is 0 Å². The fraction of sp³-hybridized carbons (Fsp3) is 0.667. The van der Waals surface area contributed by atoms with Crippen LogP contribution in [0.3, 0.4) is 0 Å². The van der Waals surface area contributed by atoms with Gasteiger partial charge in [0, 0.05) is 12.6 Å². The van der Waals surface area contributed by atoms with E-state index in [9.17, 15) is 0 Å². The van der Waals surface area contributed by atoms with Gasteiger partial charge < -0.3 is 10.4 Å². The SMILES string of the molecule is CC(CCO)CNC1CCC(C)(c2ccccc2)CC1. The van der Waals surface area contributed by atoms with Gasteiger partial charge in [0.2, 0.25) is 0 Å². The molecule has 0 spiro atoms. The molecule has 1 fully saturated rings. The van der Waals surface area contributed by atoms with E-state index < -0.39 is 0 Å². The van der Waals surface area contributed by atoms with Crippen LogP contribution in [0.5, 0.6) is 0 Å². The predicted octanol–water partition coefficient (Wildman–Crippen LogP) is 3.50. The van der Waals surface area contributed by atoms with Gasteiger partial charge in [0.05, 0.1) is 0 Å². The van der Waals surface area contributed by atoms with Crippen LogP contribution >= 0.6 is 0 Å². The molecule has 1 aromatic carbocycles. The minimum absolute atomic E-state index is 0.305. The summed E-state index contributed by atoms with van der Waals surface area (Å²) in [6, 6.07) is 11.6. The van der Waals surface area contributed by atoms with Crippen LogP contribution < -0.4 is 5.32 Å². The number of rotatable bonds is 6. The molecule has 1 aliphatic rings. The van der Waals surface area contributed by atoms with E-state index in [0.29, 0.717) is 24.0 Å². The molecule has 1 aliphatic carbocycles. The zero-order valence-electron chi connectivity index (χ0n) is 12.9. The van der Waals surface area contributed by atoms with Gasteiger partial charge in [-0.1, -0.05) is 44.2 Å². The summed E-state index contributed by atoms with van der Waals surface area (Å²) in [5.41, 5.74) is 1.85. The van der Waals surface area contributed by atoms with Crippen LogP contribution in [0.4, 0.5) is 0 Å². The molecule has 0 bridgehead atoms. The second kappa shape index (κ2) is 7.24. The standard InChI is InChI=1S/C18H29NO/c1-15(10-13-20)14-19-17-8-11-18(2,12-9-17)16-6-4-3-5-7-16/h3-7,15,17,19-20H,8-14H2,1-2H3. The molecule has 1 saturated carbocycles. The Bertz CT molecular complexity index is 382. The van der Waals surface area contributed by atoms with E-state index in [1.165, 1.54) is 31.2 Å². The monoisotopic (exact) mass is 275 g/mol. The van der Waals surface area contributed by atoms with Gasteiger partial charge in [0.15, 0.2) is 0 Å². The lowest BCUT2D eigenvalue weighted by Gasteiger charge is -2.38. The summed E-state index contributed by atoms with van der Waals surface area (Å²) in [6.07, 6.45) is 5.96. The Hall–Kier alpha value is -0.860. The summed E-state index contributed by atoms with van der Waals surface area (Å²) < 4.78 is 0. The maximum absolute atomic E-state index is 8.94. The van der Waals surface area contributed by atoms with Gasteiger partial charge in [0.1, 0.15) is 0 Å². The lowest BCUT2D eigenvalue weighted by atomic mass is 9.69.